The van der Waals surface area contributed by atoms with Crippen molar-refractivity contribution in [3.8, 4) is 6.07 Å². The second-order valence-corrected chi connectivity index (χ2v) is 2.23. The van der Waals surface area contributed by atoms with Crippen LogP contribution in [0.4, 0.5) is 0 Å². The molecule has 0 bridgehead atoms. The molecule has 0 aromatic heterocycles. The number of carbonyl (C=O) groups is 2. The summed E-state index contributed by atoms with van der Waals surface area (Å²) in [4.78, 5) is 20.7. The molecule has 1 atom stereocenters. The molecule has 0 aromatic carbocycles. The fourth-order valence-corrected chi connectivity index (χ4v) is 0.618. The number of ether oxygens (including phenoxy) is 1. The SMILES string of the molecule is CC(CC(=O)O)OC(=O)CC#N. The van der Waals surface area contributed by atoms with E-state index in [1.165, 1.54) is 6.92 Å². The zero-order valence-corrected chi connectivity index (χ0v) is 6.61. The molecule has 0 aliphatic heterocycles. The van der Waals surface area contributed by atoms with E-state index in [0.29, 0.717) is 0 Å². The summed E-state index contributed by atoms with van der Waals surface area (Å²) >= 11 is 0. The van der Waals surface area contributed by atoms with Gasteiger partial charge in [0.05, 0.1) is 12.5 Å². The highest BCUT2D eigenvalue weighted by atomic mass is 16.5. The lowest BCUT2D eigenvalue weighted by molar-refractivity contribution is -0.150. The fourth-order valence-electron chi connectivity index (χ4n) is 0.618. The number of nitriles is 1. The Kier molecular flexibility index (Phi) is 4.46. The summed E-state index contributed by atoms with van der Waals surface area (Å²) in [5.41, 5.74) is 0. The molecule has 5 heteroatoms. The van der Waals surface area contributed by atoms with Crippen LogP contribution < -0.4 is 0 Å². The number of carboxylic acids is 1. The summed E-state index contributed by atoms with van der Waals surface area (Å²) in [6, 6.07) is 1.60. The first-order valence-corrected chi connectivity index (χ1v) is 3.34. The lowest BCUT2D eigenvalue weighted by Gasteiger charge is -2.08. The second kappa shape index (κ2) is 5.13. The van der Waals surface area contributed by atoms with Crippen LogP contribution in [0.1, 0.15) is 19.8 Å². The standard InChI is InChI=1S/C7H9NO4/c1-5(4-6(9)10)12-7(11)2-3-8/h5H,2,4H2,1H3,(H,9,10). The summed E-state index contributed by atoms with van der Waals surface area (Å²) in [6.45, 7) is 1.46. The number of rotatable bonds is 4. The van der Waals surface area contributed by atoms with Gasteiger partial charge in [-0.2, -0.15) is 5.26 Å². The van der Waals surface area contributed by atoms with Crippen LogP contribution in [-0.2, 0) is 14.3 Å². The smallest absolute Gasteiger partial charge is 0.320 e. The maximum Gasteiger partial charge on any atom is 0.320 e. The van der Waals surface area contributed by atoms with Crippen LogP contribution in [0.25, 0.3) is 0 Å². The van der Waals surface area contributed by atoms with Crippen molar-refractivity contribution in [1.29, 1.82) is 5.26 Å². The van der Waals surface area contributed by atoms with Gasteiger partial charge in [0.25, 0.3) is 0 Å². The van der Waals surface area contributed by atoms with Gasteiger partial charge in [0.1, 0.15) is 12.5 Å². The molecular formula is C7H9NO4. The van der Waals surface area contributed by atoms with Crippen molar-refractivity contribution in [2.75, 3.05) is 0 Å². The van der Waals surface area contributed by atoms with E-state index in [1.807, 2.05) is 0 Å². The van der Waals surface area contributed by atoms with Gasteiger partial charge in [-0.25, -0.2) is 0 Å². The lowest BCUT2D eigenvalue weighted by Crippen LogP contribution is -2.17. The minimum atomic E-state index is -1.03. The predicted molar refractivity (Wildman–Crippen MR) is 38.0 cm³/mol. The third-order valence-corrected chi connectivity index (χ3v) is 1.02. The highest BCUT2D eigenvalue weighted by Gasteiger charge is 2.11. The highest BCUT2D eigenvalue weighted by Crippen LogP contribution is 1.98. The summed E-state index contributed by atoms with van der Waals surface area (Å²) in [7, 11) is 0. The van der Waals surface area contributed by atoms with E-state index < -0.39 is 18.0 Å². The Morgan fingerprint density at radius 2 is 2.25 bits per heavy atom. The molecule has 1 unspecified atom stereocenters. The van der Waals surface area contributed by atoms with Crippen molar-refractivity contribution in [1.82, 2.24) is 0 Å². The largest absolute Gasteiger partial charge is 0.481 e. The van der Waals surface area contributed by atoms with Crippen molar-refractivity contribution in [2.24, 2.45) is 0 Å². The van der Waals surface area contributed by atoms with Gasteiger partial charge in [-0.3, -0.25) is 9.59 Å². The molecule has 0 aromatic rings. The summed E-state index contributed by atoms with van der Waals surface area (Å²) in [5, 5.41) is 16.3. The summed E-state index contributed by atoms with van der Waals surface area (Å²) in [6.07, 6.45) is -1.26. The Labute approximate surface area is 69.6 Å². The number of aliphatic carboxylic acids is 1. The molecule has 0 aliphatic carbocycles. The van der Waals surface area contributed by atoms with Gasteiger partial charge in [0.2, 0.25) is 0 Å². The first-order valence-electron chi connectivity index (χ1n) is 3.34. The van der Waals surface area contributed by atoms with Crippen molar-refractivity contribution >= 4 is 11.9 Å². The Bertz CT molecular complexity index is 218. The zero-order valence-electron chi connectivity index (χ0n) is 6.61. The van der Waals surface area contributed by atoms with E-state index >= 15 is 0 Å². The fraction of sp³-hybridized carbons (Fsp3) is 0.571. The van der Waals surface area contributed by atoms with Crippen LogP contribution in [0.15, 0.2) is 0 Å². The number of esters is 1. The van der Waals surface area contributed by atoms with Gasteiger partial charge in [0, 0.05) is 0 Å². The molecule has 66 valence electrons. The van der Waals surface area contributed by atoms with Gasteiger partial charge >= 0.3 is 11.9 Å². The van der Waals surface area contributed by atoms with E-state index in [4.69, 9.17) is 10.4 Å². The number of carboxylic acid groups (broad SMARTS) is 1. The third kappa shape index (κ3) is 5.23. The monoisotopic (exact) mass is 171 g/mol. The van der Waals surface area contributed by atoms with E-state index in [0.717, 1.165) is 0 Å². The van der Waals surface area contributed by atoms with Gasteiger partial charge < -0.3 is 9.84 Å². The van der Waals surface area contributed by atoms with Gasteiger partial charge in [-0.15, -0.1) is 0 Å². The van der Waals surface area contributed by atoms with Crippen LogP contribution in [0.3, 0.4) is 0 Å². The van der Waals surface area contributed by atoms with Crippen LogP contribution in [0, 0.1) is 11.3 Å². The molecule has 5 nitrogen and oxygen atoms in total. The molecule has 0 spiro atoms. The van der Waals surface area contributed by atoms with Gasteiger partial charge in [0.15, 0.2) is 0 Å². The van der Waals surface area contributed by atoms with Crippen LogP contribution >= 0.6 is 0 Å². The highest BCUT2D eigenvalue weighted by molar-refractivity contribution is 5.73. The maximum atomic E-state index is 10.6. The van der Waals surface area contributed by atoms with Gasteiger partial charge in [-0.1, -0.05) is 0 Å². The molecule has 0 saturated heterocycles. The lowest BCUT2D eigenvalue weighted by atomic mass is 10.3. The van der Waals surface area contributed by atoms with E-state index in [9.17, 15) is 9.59 Å². The normalized spacial score (nSPS) is 11.3. The average Bonchev–Trinajstić information content (AvgIpc) is 1.84. The number of carbonyl (C=O) groups excluding carboxylic acids is 1. The molecule has 0 aliphatic rings. The zero-order chi connectivity index (χ0) is 9.56. The Balaban J connectivity index is 3.70. The van der Waals surface area contributed by atoms with E-state index in [2.05, 4.69) is 4.74 Å². The molecule has 0 fully saturated rings. The average molecular weight is 171 g/mol. The van der Waals surface area contributed by atoms with E-state index in [1.54, 1.807) is 6.07 Å². The van der Waals surface area contributed by atoms with Crippen LogP contribution in [0.5, 0.6) is 0 Å². The first kappa shape index (κ1) is 10.4. The second-order valence-electron chi connectivity index (χ2n) is 2.23. The van der Waals surface area contributed by atoms with E-state index in [-0.39, 0.29) is 12.8 Å². The molecule has 0 saturated carbocycles. The van der Waals surface area contributed by atoms with Crippen LogP contribution in [0.2, 0.25) is 0 Å². The minimum Gasteiger partial charge on any atom is -0.481 e. The quantitative estimate of drug-likeness (QED) is 0.615. The summed E-state index contributed by atoms with van der Waals surface area (Å²) < 4.78 is 4.56. The number of hydrogen-bond acceptors (Lipinski definition) is 4. The summed E-state index contributed by atoms with van der Waals surface area (Å²) in [5.74, 6) is -1.72. The topological polar surface area (TPSA) is 87.4 Å². The molecule has 0 amide bonds. The number of hydrogen-bond donors (Lipinski definition) is 1. The minimum absolute atomic E-state index is 0.239. The Morgan fingerprint density at radius 3 is 2.67 bits per heavy atom. The molecule has 0 heterocycles. The van der Waals surface area contributed by atoms with Crippen molar-refractivity contribution in [3.63, 3.8) is 0 Å². The molecule has 12 heavy (non-hydrogen) atoms. The molecule has 0 radical (unpaired) electrons. The van der Waals surface area contributed by atoms with Crippen molar-refractivity contribution in [2.45, 2.75) is 25.9 Å². The van der Waals surface area contributed by atoms with Crippen LogP contribution in [-0.4, -0.2) is 23.1 Å². The third-order valence-electron chi connectivity index (χ3n) is 1.02. The molecule has 1 N–H and O–H groups in total. The van der Waals surface area contributed by atoms with Crippen molar-refractivity contribution in [3.05, 3.63) is 0 Å². The number of nitrogens with zero attached hydrogens (tertiary/aromatic N) is 1. The Morgan fingerprint density at radius 1 is 1.67 bits per heavy atom. The molecule has 0 rings (SSSR count). The predicted octanol–water partition coefficient (Wildman–Crippen LogP) is 0.306. The first-order chi connectivity index (χ1) is 5.56. The maximum absolute atomic E-state index is 10.6. The van der Waals surface area contributed by atoms with Crippen molar-refractivity contribution < 1.29 is 19.4 Å². The molecular weight excluding hydrogens is 162 g/mol. The Hall–Kier alpha value is -1.57. The van der Waals surface area contributed by atoms with Gasteiger partial charge in [-0.05, 0) is 6.92 Å².